The third kappa shape index (κ3) is 3.66. The molecule has 102 valence electrons. The molecule has 2 atom stereocenters. The van der Waals surface area contributed by atoms with Crippen LogP contribution in [-0.2, 0) is 9.47 Å². The lowest BCUT2D eigenvalue weighted by molar-refractivity contribution is 0.130. The highest BCUT2D eigenvalue weighted by atomic mass is 16.5. The van der Waals surface area contributed by atoms with E-state index in [0.717, 1.165) is 5.56 Å². The lowest BCUT2D eigenvalue weighted by Gasteiger charge is -2.16. The molecule has 1 heterocycles. The molecule has 2 rings (SSSR count). The van der Waals surface area contributed by atoms with Crippen molar-refractivity contribution >= 4 is 5.90 Å². The predicted molar refractivity (Wildman–Crippen MR) is 74.2 cm³/mol. The van der Waals surface area contributed by atoms with Crippen LogP contribution >= 0.6 is 0 Å². The van der Waals surface area contributed by atoms with Crippen LogP contribution in [0.25, 0.3) is 0 Å². The predicted octanol–water partition coefficient (Wildman–Crippen LogP) is 2.11. The Labute approximate surface area is 113 Å². The first-order valence-corrected chi connectivity index (χ1v) is 6.43. The highest BCUT2D eigenvalue weighted by Gasteiger charge is 2.31. The minimum Gasteiger partial charge on any atom is -0.469 e. The number of hydrogen-bond donors (Lipinski definition) is 1. The molecule has 1 aromatic carbocycles. The molecule has 0 unspecified atom stereocenters. The van der Waals surface area contributed by atoms with Gasteiger partial charge < -0.3 is 14.6 Å². The van der Waals surface area contributed by atoms with Crippen LogP contribution in [0.4, 0.5) is 0 Å². The van der Waals surface area contributed by atoms with E-state index in [1.165, 1.54) is 0 Å². The maximum Gasteiger partial charge on any atom is 0.211 e. The molecule has 0 spiro atoms. The molecular weight excluding hydrogens is 242 g/mol. The van der Waals surface area contributed by atoms with Gasteiger partial charge in [-0.1, -0.05) is 42.5 Å². The number of benzene rings is 1. The summed E-state index contributed by atoms with van der Waals surface area (Å²) in [5.74, 6) is 0.553. The van der Waals surface area contributed by atoms with Gasteiger partial charge in [-0.15, -0.1) is 0 Å². The Morgan fingerprint density at radius 1 is 1.37 bits per heavy atom. The Morgan fingerprint density at radius 2 is 2.16 bits per heavy atom. The molecule has 1 aliphatic rings. The van der Waals surface area contributed by atoms with Gasteiger partial charge in [-0.2, -0.15) is 0 Å². The van der Waals surface area contributed by atoms with Crippen molar-refractivity contribution in [2.75, 3.05) is 19.8 Å². The molecule has 0 saturated heterocycles. The van der Waals surface area contributed by atoms with Crippen LogP contribution in [0.5, 0.6) is 0 Å². The molecule has 0 amide bonds. The summed E-state index contributed by atoms with van der Waals surface area (Å²) in [7, 11) is 0. The smallest absolute Gasteiger partial charge is 0.211 e. The van der Waals surface area contributed by atoms with Crippen molar-refractivity contribution in [1.82, 2.24) is 0 Å². The zero-order chi connectivity index (χ0) is 13.5. The fraction of sp³-hybridized carbons (Fsp3) is 0.400. The van der Waals surface area contributed by atoms with Gasteiger partial charge in [0.05, 0.1) is 13.2 Å². The number of hydrogen-bond acceptors (Lipinski definition) is 4. The van der Waals surface area contributed by atoms with E-state index in [0.29, 0.717) is 19.1 Å². The molecule has 1 N–H and O–H groups in total. The highest BCUT2D eigenvalue weighted by molar-refractivity contribution is 5.79. The zero-order valence-corrected chi connectivity index (χ0v) is 11.0. The average molecular weight is 261 g/mol. The molecule has 0 aromatic heterocycles. The maximum atomic E-state index is 9.39. The van der Waals surface area contributed by atoms with Gasteiger partial charge in [-0.3, -0.25) is 0 Å². The van der Waals surface area contributed by atoms with Crippen molar-refractivity contribution in [2.45, 2.75) is 19.1 Å². The molecular formula is C15H19NO3. The summed E-state index contributed by atoms with van der Waals surface area (Å²) < 4.78 is 11.2. The van der Waals surface area contributed by atoms with E-state index in [1.54, 1.807) is 0 Å². The van der Waals surface area contributed by atoms with Gasteiger partial charge in [-0.25, -0.2) is 4.99 Å². The van der Waals surface area contributed by atoms with E-state index in [4.69, 9.17) is 9.47 Å². The van der Waals surface area contributed by atoms with E-state index >= 15 is 0 Å². The quantitative estimate of drug-likeness (QED) is 0.630. The van der Waals surface area contributed by atoms with Crippen LogP contribution in [-0.4, -0.2) is 36.9 Å². The summed E-state index contributed by atoms with van der Waals surface area (Å²) in [6.07, 6.45) is 3.64. The Kier molecular flexibility index (Phi) is 5.12. The van der Waals surface area contributed by atoms with Crippen molar-refractivity contribution in [1.29, 1.82) is 0 Å². The topological polar surface area (TPSA) is 51.0 Å². The van der Waals surface area contributed by atoms with Gasteiger partial charge >= 0.3 is 0 Å². The third-order valence-corrected chi connectivity index (χ3v) is 2.91. The van der Waals surface area contributed by atoms with Crippen molar-refractivity contribution in [2.24, 2.45) is 4.99 Å². The summed E-state index contributed by atoms with van der Waals surface area (Å²) in [5.41, 5.74) is 1.02. The molecule has 4 heteroatoms. The molecule has 0 fully saturated rings. The first kappa shape index (κ1) is 13.8. The number of nitrogens with zero attached hydrogens (tertiary/aromatic N) is 1. The second kappa shape index (κ2) is 7.07. The minimum atomic E-state index is -0.247. The van der Waals surface area contributed by atoms with E-state index in [9.17, 15) is 5.11 Å². The number of aliphatic hydroxyl groups excluding tert-OH is 1. The standard InChI is InChI=1S/C15H19NO3/c1-2-3-9-18-11-14-16-13(10-17)15(19-14)12-7-5-4-6-8-12/h2-8,13,15,17H,9-11H2,1H3/b3-2+/t13-,15-/m0/s1. The molecule has 0 saturated carbocycles. The maximum absolute atomic E-state index is 9.39. The third-order valence-electron chi connectivity index (χ3n) is 2.91. The first-order chi connectivity index (χ1) is 9.35. The van der Waals surface area contributed by atoms with Gasteiger partial charge in [0.2, 0.25) is 5.90 Å². The van der Waals surface area contributed by atoms with Crippen LogP contribution in [0.3, 0.4) is 0 Å². The summed E-state index contributed by atoms with van der Waals surface area (Å²) in [6, 6.07) is 9.57. The van der Waals surface area contributed by atoms with Gasteiger partial charge in [0.25, 0.3) is 0 Å². The zero-order valence-electron chi connectivity index (χ0n) is 11.0. The molecule has 0 bridgehead atoms. The van der Waals surface area contributed by atoms with Gasteiger partial charge in [-0.05, 0) is 12.5 Å². The second-order valence-corrected chi connectivity index (χ2v) is 4.31. The summed E-state index contributed by atoms with van der Waals surface area (Å²) in [6.45, 7) is 2.79. The second-order valence-electron chi connectivity index (χ2n) is 4.31. The number of ether oxygens (including phenoxy) is 2. The Balaban J connectivity index is 1.95. The van der Waals surface area contributed by atoms with Crippen LogP contribution in [0.1, 0.15) is 18.6 Å². The van der Waals surface area contributed by atoms with Crippen molar-refractivity contribution in [3.8, 4) is 0 Å². The number of aliphatic hydroxyl groups is 1. The van der Waals surface area contributed by atoms with E-state index < -0.39 is 0 Å². The lowest BCUT2D eigenvalue weighted by Crippen LogP contribution is -2.18. The van der Waals surface area contributed by atoms with Crippen LogP contribution in [0.15, 0.2) is 47.5 Å². The minimum absolute atomic E-state index is 0.0298. The van der Waals surface area contributed by atoms with E-state index in [2.05, 4.69) is 4.99 Å². The summed E-state index contributed by atoms with van der Waals surface area (Å²) in [4.78, 5) is 4.36. The van der Waals surface area contributed by atoms with Crippen LogP contribution < -0.4 is 0 Å². The van der Waals surface area contributed by atoms with Gasteiger partial charge in [0.1, 0.15) is 18.8 Å². The molecule has 0 aliphatic carbocycles. The van der Waals surface area contributed by atoms with Crippen molar-refractivity contribution < 1.29 is 14.6 Å². The largest absolute Gasteiger partial charge is 0.469 e. The normalized spacial score (nSPS) is 22.5. The Hall–Kier alpha value is -1.65. The SMILES string of the molecule is C/C=C/COCC1=N[C@@H](CO)[C@H](c2ccccc2)O1. The Bertz CT molecular complexity index is 442. The fourth-order valence-electron chi connectivity index (χ4n) is 1.96. The number of allylic oxidation sites excluding steroid dienone is 1. The summed E-state index contributed by atoms with van der Waals surface area (Å²) in [5, 5.41) is 9.39. The van der Waals surface area contributed by atoms with E-state index in [1.807, 2.05) is 49.4 Å². The van der Waals surface area contributed by atoms with Gasteiger partial charge in [0, 0.05) is 0 Å². The van der Waals surface area contributed by atoms with Crippen LogP contribution in [0, 0.1) is 0 Å². The molecule has 4 nitrogen and oxygen atoms in total. The van der Waals surface area contributed by atoms with Crippen molar-refractivity contribution in [3.05, 3.63) is 48.0 Å². The fourth-order valence-corrected chi connectivity index (χ4v) is 1.96. The molecule has 1 aliphatic heterocycles. The number of rotatable bonds is 6. The van der Waals surface area contributed by atoms with E-state index in [-0.39, 0.29) is 18.8 Å². The monoisotopic (exact) mass is 261 g/mol. The average Bonchev–Trinajstić information content (AvgIpc) is 2.88. The summed E-state index contributed by atoms with van der Waals surface area (Å²) >= 11 is 0. The molecule has 1 aromatic rings. The Morgan fingerprint density at radius 3 is 2.84 bits per heavy atom. The van der Waals surface area contributed by atoms with Crippen molar-refractivity contribution in [3.63, 3.8) is 0 Å². The number of aliphatic imine (C=N–C) groups is 1. The molecule has 0 radical (unpaired) electrons. The molecule has 19 heavy (non-hydrogen) atoms. The lowest BCUT2D eigenvalue weighted by atomic mass is 10.0. The highest BCUT2D eigenvalue weighted by Crippen LogP contribution is 2.28. The first-order valence-electron chi connectivity index (χ1n) is 6.43. The van der Waals surface area contributed by atoms with Crippen LogP contribution in [0.2, 0.25) is 0 Å². The van der Waals surface area contributed by atoms with Gasteiger partial charge in [0.15, 0.2) is 0 Å².